The molecule has 6 heteroatoms. The van der Waals surface area contributed by atoms with Gasteiger partial charge in [0.15, 0.2) is 0 Å². The minimum atomic E-state index is -0.512. The van der Waals surface area contributed by atoms with Crippen molar-refractivity contribution in [1.29, 1.82) is 0 Å². The Morgan fingerprint density at radius 1 is 1.24 bits per heavy atom. The molecule has 0 aromatic heterocycles. The molecule has 1 aliphatic heterocycles. The van der Waals surface area contributed by atoms with E-state index in [0.717, 1.165) is 19.3 Å². The summed E-state index contributed by atoms with van der Waals surface area (Å²) < 4.78 is 5.25. The number of β-amino-alcohol motifs (C(OH)–C–C–N with tert-alkyl or cyclic N) is 1. The quantitative estimate of drug-likeness (QED) is 0.805. The first-order valence-electron chi connectivity index (χ1n) is 7.71. The Kier molecular flexibility index (Phi) is 4.76. The molecule has 0 bridgehead atoms. The fourth-order valence-electron chi connectivity index (χ4n) is 2.91. The van der Waals surface area contributed by atoms with E-state index in [2.05, 4.69) is 5.32 Å². The van der Waals surface area contributed by atoms with Gasteiger partial charge < -0.3 is 20.1 Å². The number of hydrogen-bond donors (Lipinski definition) is 2. The molecular formula is C15H26N2O4. The number of carbonyl (C=O) groups excluding carboxylic acids is 2. The molecule has 0 unspecified atom stereocenters. The molecule has 2 fully saturated rings. The summed E-state index contributed by atoms with van der Waals surface area (Å²) in [6.07, 6.45) is 2.54. The van der Waals surface area contributed by atoms with Crippen molar-refractivity contribution in [2.75, 3.05) is 13.1 Å². The van der Waals surface area contributed by atoms with E-state index >= 15 is 0 Å². The fraction of sp³-hybridized carbons (Fsp3) is 0.867. The molecular weight excluding hydrogens is 272 g/mol. The standard InChI is InChI=1S/C15H26N2O4/c1-15(2,3)21-14(20)16-11-6-4-5-10(7-11)13(19)17-8-12(18)9-17/h10-12,18H,4-9H2,1-3H3,(H,16,20)/t10-,11+/m0/s1. The Morgan fingerprint density at radius 2 is 1.90 bits per heavy atom. The predicted octanol–water partition coefficient (Wildman–Crippen LogP) is 1.27. The first-order valence-corrected chi connectivity index (χ1v) is 7.71. The van der Waals surface area contributed by atoms with Gasteiger partial charge in [0.25, 0.3) is 0 Å². The van der Waals surface area contributed by atoms with Gasteiger partial charge in [-0.1, -0.05) is 6.42 Å². The Labute approximate surface area is 125 Å². The summed E-state index contributed by atoms with van der Waals surface area (Å²) in [7, 11) is 0. The van der Waals surface area contributed by atoms with Crippen molar-refractivity contribution in [3.63, 3.8) is 0 Å². The van der Waals surface area contributed by atoms with Crippen molar-refractivity contribution in [2.45, 2.75) is 64.2 Å². The highest BCUT2D eigenvalue weighted by Gasteiger charge is 2.36. The van der Waals surface area contributed by atoms with Gasteiger partial charge in [0.05, 0.1) is 6.10 Å². The zero-order valence-electron chi connectivity index (χ0n) is 13.1. The van der Waals surface area contributed by atoms with E-state index < -0.39 is 11.7 Å². The number of nitrogens with zero attached hydrogens (tertiary/aromatic N) is 1. The van der Waals surface area contributed by atoms with E-state index in [-0.39, 0.29) is 24.0 Å². The number of rotatable bonds is 2. The number of aliphatic hydroxyl groups is 1. The third kappa shape index (κ3) is 4.59. The Bertz CT molecular complexity index is 399. The number of ether oxygens (including phenoxy) is 1. The van der Waals surface area contributed by atoms with Crippen LogP contribution in [0.25, 0.3) is 0 Å². The maximum absolute atomic E-state index is 12.3. The van der Waals surface area contributed by atoms with Gasteiger partial charge in [-0.05, 0) is 40.0 Å². The molecule has 2 aliphatic rings. The predicted molar refractivity (Wildman–Crippen MR) is 77.7 cm³/mol. The van der Waals surface area contributed by atoms with Gasteiger partial charge in [-0.25, -0.2) is 4.79 Å². The maximum Gasteiger partial charge on any atom is 0.407 e. The van der Waals surface area contributed by atoms with Crippen LogP contribution in [-0.4, -0.2) is 52.8 Å². The Balaban J connectivity index is 1.80. The van der Waals surface area contributed by atoms with Gasteiger partial charge in [-0.2, -0.15) is 0 Å². The van der Waals surface area contributed by atoms with Crippen LogP contribution in [0.2, 0.25) is 0 Å². The Morgan fingerprint density at radius 3 is 2.48 bits per heavy atom. The van der Waals surface area contributed by atoms with E-state index in [1.807, 2.05) is 20.8 Å². The van der Waals surface area contributed by atoms with E-state index in [4.69, 9.17) is 4.74 Å². The van der Waals surface area contributed by atoms with Crippen molar-refractivity contribution in [3.05, 3.63) is 0 Å². The van der Waals surface area contributed by atoms with Crippen LogP contribution in [-0.2, 0) is 9.53 Å². The van der Waals surface area contributed by atoms with Gasteiger partial charge in [-0.15, -0.1) is 0 Å². The molecule has 21 heavy (non-hydrogen) atoms. The number of nitrogens with one attached hydrogen (secondary N) is 1. The highest BCUT2D eigenvalue weighted by Crippen LogP contribution is 2.27. The van der Waals surface area contributed by atoms with Crippen LogP contribution in [0.1, 0.15) is 46.5 Å². The van der Waals surface area contributed by atoms with E-state index in [9.17, 15) is 14.7 Å². The highest BCUT2D eigenvalue weighted by atomic mass is 16.6. The summed E-state index contributed by atoms with van der Waals surface area (Å²) in [6, 6.07) is -0.00579. The second kappa shape index (κ2) is 6.22. The van der Waals surface area contributed by atoms with Gasteiger partial charge in [0.1, 0.15) is 5.60 Å². The SMILES string of the molecule is CC(C)(C)OC(=O)N[C@@H]1CCC[C@H](C(=O)N2CC(O)C2)C1. The molecule has 2 rings (SSSR count). The number of likely N-dealkylation sites (tertiary alicyclic amines) is 1. The first-order chi connectivity index (χ1) is 9.74. The molecule has 0 radical (unpaired) electrons. The number of aliphatic hydroxyl groups excluding tert-OH is 1. The smallest absolute Gasteiger partial charge is 0.407 e. The molecule has 2 amide bonds. The summed E-state index contributed by atoms with van der Waals surface area (Å²) in [5.74, 6) is 0.0576. The van der Waals surface area contributed by atoms with Gasteiger partial charge in [0, 0.05) is 25.0 Å². The van der Waals surface area contributed by atoms with Crippen LogP contribution in [0.15, 0.2) is 0 Å². The average molecular weight is 298 g/mol. The molecule has 6 nitrogen and oxygen atoms in total. The molecule has 1 heterocycles. The lowest BCUT2D eigenvalue weighted by Crippen LogP contribution is -2.56. The maximum atomic E-state index is 12.3. The van der Waals surface area contributed by atoms with Crippen LogP contribution in [0.4, 0.5) is 4.79 Å². The molecule has 0 spiro atoms. The fourth-order valence-corrected chi connectivity index (χ4v) is 2.91. The third-order valence-electron chi connectivity index (χ3n) is 3.92. The Hall–Kier alpha value is -1.30. The second-order valence-corrected chi connectivity index (χ2v) is 7.10. The minimum Gasteiger partial charge on any atom is -0.444 e. The zero-order chi connectivity index (χ0) is 15.6. The van der Waals surface area contributed by atoms with Crippen LogP contribution in [0.3, 0.4) is 0 Å². The third-order valence-corrected chi connectivity index (χ3v) is 3.92. The van der Waals surface area contributed by atoms with Crippen LogP contribution >= 0.6 is 0 Å². The lowest BCUT2D eigenvalue weighted by atomic mass is 9.84. The minimum absolute atomic E-state index is 0.00579. The van der Waals surface area contributed by atoms with Gasteiger partial charge in [0.2, 0.25) is 5.91 Å². The van der Waals surface area contributed by atoms with Gasteiger partial charge in [-0.3, -0.25) is 4.79 Å². The highest BCUT2D eigenvalue weighted by molar-refractivity contribution is 5.80. The summed E-state index contributed by atoms with van der Waals surface area (Å²) in [6.45, 7) is 6.37. The monoisotopic (exact) mass is 298 g/mol. The zero-order valence-corrected chi connectivity index (χ0v) is 13.1. The van der Waals surface area contributed by atoms with E-state index in [0.29, 0.717) is 19.5 Å². The molecule has 1 saturated heterocycles. The normalized spacial score (nSPS) is 27.0. The lowest BCUT2D eigenvalue weighted by Gasteiger charge is -2.40. The summed E-state index contributed by atoms with van der Waals surface area (Å²) in [4.78, 5) is 25.7. The van der Waals surface area contributed by atoms with Crippen molar-refractivity contribution in [1.82, 2.24) is 10.2 Å². The second-order valence-electron chi connectivity index (χ2n) is 7.10. The largest absolute Gasteiger partial charge is 0.444 e. The molecule has 120 valence electrons. The summed E-state index contributed by atoms with van der Waals surface area (Å²) >= 11 is 0. The molecule has 1 saturated carbocycles. The van der Waals surface area contributed by atoms with Crippen LogP contribution < -0.4 is 5.32 Å². The van der Waals surface area contributed by atoms with Crippen LogP contribution in [0.5, 0.6) is 0 Å². The van der Waals surface area contributed by atoms with Crippen molar-refractivity contribution < 1.29 is 19.4 Å². The summed E-state index contributed by atoms with van der Waals surface area (Å²) in [5.41, 5.74) is -0.512. The number of hydrogen-bond acceptors (Lipinski definition) is 4. The molecule has 0 aromatic rings. The average Bonchev–Trinajstić information content (AvgIpc) is 2.32. The van der Waals surface area contributed by atoms with Crippen molar-refractivity contribution in [3.8, 4) is 0 Å². The van der Waals surface area contributed by atoms with Crippen molar-refractivity contribution in [2.24, 2.45) is 5.92 Å². The number of alkyl carbamates (subject to hydrolysis) is 1. The topological polar surface area (TPSA) is 78.9 Å². The molecule has 0 aromatic carbocycles. The number of carbonyl (C=O) groups is 2. The first kappa shape index (κ1) is 16.1. The van der Waals surface area contributed by atoms with E-state index in [1.165, 1.54) is 0 Å². The molecule has 1 aliphatic carbocycles. The van der Waals surface area contributed by atoms with E-state index in [1.54, 1.807) is 4.90 Å². The van der Waals surface area contributed by atoms with Crippen molar-refractivity contribution >= 4 is 12.0 Å². The van der Waals surface area contributed by atoms with Crippen LogP contribution in [0, 0.1) is 5.92 Å². The summed E-state index contributed by atoms with van der Waals surface area (Å²) in [5, 5.41) is 12.1. The lowest BCUT2D eigenvalue weighted by molar-refractivity contribution is -0.147. The number of amides is 2. The van der Waals surface area contributed by atoms with Gasteiger partial charge >= 0.3 is 6.09 Å². The molecule has 2 N–H and O–H groups in total. The molecule has 2 atom stereocenters.